The van der Waals surface area contributed by atoms with Gasteiger partial charge in [0.25, 0.3) is 5.91 Å². The first-order valence-electron chi connectivity index (χ1n) is 10.3. The molecule has 1 aromatic heterocycles. The number of carbonyl (C=O) groups is 2. The predicted molar refractivity (Wildman–Crippen MR) is 121 cm³/mol. The number of aromatic nitrogens is 1. The van der Waals surface area contributed by atoms with Gasteiger partial charge in [0.15, 0.2) is 4.80 Å². The van der Waals surface area contributed by atoms with Crippen molar-refractivity contribution in [3.63, 3.8) is 0 Å². The minimum absolute atomic E-state index is 0.178. The number of carbonyl (C=O) groups excluding carboxylic acids is 2. The van der Waals surface area contributed by atoms with Crippen LogP contribution in [0.25, 0.3) is 10.2 Å². The molecular formula is C22H23N3O5S2. The van der Waals surface area contributed by atoms with Gasteiger partial charge in [-0.05, 0) is 62.2 Å². The van der Waals surface area contributed by atoms with Crippen LogP contribution in [0.4, 0.5) is 0 Å². The van der Waals surface area contributed by atoms with E-state index in [9.17, 15) is 18.0 Å². The molecule has 0 bridgehead atoms. The van der Waals surface area contributed by atoms with Crippen LogP contribution in [0.5, 0.6) is 0 Å². The Morgan fingerprint density at radius 1 is 1.06 bits per heavy atom. The van der Waals surface area contributed by atoms with Crippen LogP contribution in [0.1, 0.15) is 40.5 Å². The van der Waals surface area contributed by atoms with E-state index in [0.717, 1.165) is 23.1 Å². The van der Waals surface area contributed by atoms with E-state index in [1.54, 1.807) is 12.1 Å². The summed E-state index contributed by atoms with van der Waals surface area (Å²) in [7, 11) is -2.20. The molecule has 32 heavy (non-hydrogen) atoms. The normalized spacial score (nSPS) is 15.4. The monoisotopic (exact) mass is 473 g/mol. The number of esters is 1. The molecule has 1 amide bonds. The molecule has 10 heteroatoms. The number of ether oxygens (including phenoxy) is 1. The highest BCUT2D eigenvalue weighted by atomic mass is 32.2. The molecule has 0 N–H and O–H groups in total. The second-order valence-electron chi connectivity index (χ2n) is 7.36. The van der Waals surface area contributed by atoms with Gasteiger partial charge in [-0.3, -0.25) is 4.79 Å². The molecule has 168 valence electrons. The molecule has 0 aliphatic carbocycles. The molecule has 0 unspecified atom stereocenters. The summed E-state index contributed by atoms with van der Waals surface area (Å²) in [5.41, 5.74) is 1.60. The topological polar surface area (TPSA) is 98.0 Å². The Bertz CT molecular complexity index is 1350. The van der Waals surface area contributed by atoms with Crippen LogP contribution in [0, 0.1) is 0 Å². The number of sulfonamides is 1. The van der Waals surface area contributed by atoms with Gasteiger partial charge in [0.05, 0.1) is 27.8 Å². The van der Waals surface area contributed by atoms with Gasteiger partial charge in [-0.2, -0.15) is 9.30 Å². The summed E-state index contributed by atoms with van der Waals surface area (Å²) >= 11 is 1.30. The number of amides is 1. The Labute approximate surface area is 189 Å². The fourth-order valence-corrected chi connectivity index (χ4v) is 6.36. The van der Waals surface area contributed by atoms with Gasteiger partial charge in [0.2, 0.25) is 10.0 Å². The smallest absolute Gasteiger partial charge is 0.337 e. The summed E-state index contributed by atoms with van der Waals surface area (Å²) < 4.78 is 34.3. The molecule has 4 rings (SSSR count). The Hall–Kier alpha value is -2.82. The number of thiazole rings is 1. The fourth-order valence-electron chi connectivity index (χ4n) is 3.71. The van der Waals surface area contributed by atoms with Crippen LogP contribution in [0.3, 0.4) is 0 Å². The number of methoxy groups -OCH3 is 1. The van der Waals surface area contributed by atoms with E-state index in [1.807, 2.05) is 17.6 Å². The number of aryl methyl sites for hydroxylation is 1. The third-order valence-corrected chi connectivity index (χ3v) is 8.38. The molecule has 3 aromatic rings. The zero-order valence-corrected chi connectivity index (χ0v) is 19.4. The Balaban J connectivity index is 1.66. The Morgan fingerprint density at radius 2 is 1.72 bits per heavy atom. The van der Waals surface area contributed by atoms with Crippen molar-refractivity contribution in [3.05, 3.63) is 58.4 Å². The first-order chi connectivity index (χ1) is 15.3. The highest BCUT2D eigenvalue weighted by Crippen LogP contribution is 2.22. The van der Waals surface area contributed by atoms with Gasteiger partial charge in [-0.15, -0.1) is 0 Å². The molecule has 1 aliphatic heterocycles. The molecule has 8 nitrogen and oxygen atoms in total. The summed E-state index contributed by atoms with van der Waals surface area (Å²) in [6.45, 7) is 3.59. The van der Waals surface area contributed by atoms with E-state index >= 15 is 0 Å². The van der Waals surface area contributed by atoms with Crippen LogP contribution < -0.4 is 4.80 Å². The maximum Gasteiger partial charge on any atom is 0.337 e. The molecule has 2 aromatic carbocycles. The lowest BCUT2D eigenvalue weighted by Gasteiger charge is -2.15. The van der Waals surface area contributed by atoms with Crippen molar-refractivity contribution in [2.75, 3.05) is 20.2 Å². The maximum absolute atomic E-state index is 12.8. The van der Waals surface area contributed by atoms with Crippen molar-refractivity contribution >= 4 is 43.5 Å². The number of hydrogen-bond acceptors (Lipinski definition) is 6. The van der Waals surface area contributed by atoms with E-state index in [1.165, 1.54) is 47.0 Å². The van der Waals surface area contributed by atoms with Crippen LogP contribution in [-0.2, 0) is 21.3 Å². The molecule has 0 spiro atoms. The summed E-state index contributed by atoms with van der Waals surface area (Å²) in [5.74, 6) is -0.890. The number of benzene rings is 2. The molecular weight excluding hydrogens is 450 g/mol. The summed E-state index contributed by atoms with van der Waals surface area (Å²) in [6, 6.07) is 11.1. The lowest BCUT2D eigenvalue weighted by Crippen LogP contribution is -2.27. The standard InChI is InChI=1S/C22H23N3O5S2/c1-3-25-18-11-8-16(21(27)30-2)14-19(18)31-22(25)23-20(26)15-6-9-17(10-7-15)32(28,29)24-12-4-5-13-24/h6-11,14H,3-5,12-13H2,1-2H3. The Morgan fingerprint density at radius 3 is 2.34 bits per heavy atom. The molecule has 0 radical (unpaired) electrons. The molecule has 0 atom stereocenters. The highest BCUT2D eigenvalue weighted by Gasteiger charge is 2.27. The summed E-state index contributed by atoms with van der Waals surface area (Å²) in [4.78, 5) is 29.6. The third-order valence-electron chi connectivity index (χ3n) is 5.42. The van der Waals surface area contributed by atoms with E-state index in [-0.39, 0.29) is 4.90 Å². The van der Waals surface area contributed by atoms with Crippen molar-refractivity contribution < 1.29 is 22.7 Å². The van der Waals surface area contributed by atoms with Gasteiger partial charge >= 0.3 is 5.97 Å². The van der Waals surface area contributed by atoms with Crippen LogP contribution in [0.2, 0.25) is 0 Å². The lowest BCUT2D eigenvalue weighted by atomic mass is 10.2. The average molecular weight is 474 g/mol. The van der Waals surface area contributed by atoms with E-state index < -0.39 is 21.9 Å². The SMILES string of the molecule is CCn1c(=NC(=O)c2ccc(S(=O)(=O)N3CCCC3)cc2)sc2cc(C(=O)OC)ccc21. The van der Waals surface area contributed by atoms with E-state index in [4.69, 9.17) is 4.74 Å². The van der Waals surface area contributed by atoms with Crippen LogP contribution in [0.15, 0.2) is 52.4 Å². The van der Waals surface area contributed by atoms with E-state index in [2.05, 4.69) is 4.99 Å². The molecule has 1 aliphatic rings. The third kappa shape index (κ3) is 4.13. The molecule has 1 fully saturated rings. The second-order valence-corrected chi connectivity index (χ2v) is 10.3. The van der Waals surface area contributed by atoms with Crippen molar-refractivity contribution in [1.29, 1.82) is 0 Å². The maximum atomic E-state index is 12.8. The lowest BCUT2D eigenvalue weighted by molar-refractivity contribution is 0.0600. The van der Waals surface area contributed by atoms with Crippen molar-refractivity contribution in [1.82, 2.24) is 8.87 Å². The van der Waals surface area contributed by atoms with E-state index in [0.29, 0.717) is 35.6 Å². The predicted octanol–water partition coefficient (Wildman–Crippen LogP) is 3.03. The van der Waals surface area contributed by atoms with Crippen LogP contribution in [-0.4, -0.2) is 49.4 Å². The quantitative estimate of drug-likeness (QED) is 0.531. The number of nitrogens with zero attached hydrogens (tertiary/aromatic N) is 3. The number of fused-ring (bicyclic) bond motifs is 1. The second kappa shape index (κ2) is 8.97. The number of rotatable bonds is 5. The van der Waals surface area contributed by atoms with Gasteiger partial charge < -0.3 is 9.30 Å². The van der Waals surface area contributed by atoms with Gasteiger partial charge in [0.1, 0.15) is 0 Å². The van der Waals surface area contributed by atoms with Crippen LogP contribution >= 0.6 is 11.3 Å². The van der Waals surface area contributed by atoms with Gasteiger partial charge in [-0.1, -0.05) is 11.3 Å². The average Bonchev–Trinajstić information content (AvgIpc) is 3.46. The zero-order chi connectivity index (χ0) is 22.9. The van der Waals surface area contributed by atoms with Crippen molar-refractivity contribution in [3.8, 4) is 0 Å². The first kappa shape index (κ1) is 22.4. The highest BCUT2D eigenvalue weighted by molar-refractivity contribution is 7.89. The minimum Gasteiger partial charge on any atom is -0.465 e. The molecule has 0 saturated carbocycles. The molecule has 2 heterocycles. The Kier molecular flexibility index (Phi) is 6.27. The summed E-state index contributed by atoms with van der Waals surface area (Å²) in [6.07, 6.45) is 1.73. The van der Waals surface area contributed by atoms with Crippen molar-refractivity contribution in [2.45, 2.75) is 31.2 Å². The zero-order valence-electron chi connectivity index (χ0n) is 17.8. The first-order valence-corrected chi connectivity index (χ1v) is 12.5. The summed E-state index contributed by atoms with van der Waals surface area (Å²) in [5, 5.41) is 0. The largest absolute Gasteiger partial charge is 0.465 e. The minimum atomic E-state index is -3.53. The van der Waals surface area contributed by atoms with Gasteiger partial charge in [0, 0.05) is 25.2 Å². The molecule has 1 saturated heterocycles. The fraction of sp³-hybridized carbons (Fsp3) is 0.318. The number of hydrogen-bond donors (Lipinski definition) is 0. The van der Waals surface area contributed by atoms with Gasteiger partial charge in [-0.25, -0.2) is 13.2 Å². The van der Waals surface area contributed by atoms with Crippen molar-refractivity contribution in [2.24, 2.45) is 4.99 Å².